The molecule has 0 spiro atoms. The lowest BCUT2D eigenvalue weighted by Gasteiger charge is -2.18. The molecule has 0 amide bonds. The van der Waals surface area contributed by atoms with E-state index in [-0.39, 0.29) is 11.7 Å². The molecule has 2 aromatic carbocycles. The first-order valence-electron chi connectivity index (χ1n) is 9.51. The van der Waals surface area contributed by atoms with Crippen LogP contribution in [0.1, 0.15) is 31.7 Å². The fourth-order valence-electron chi connectivity index (χ4n) is 2.83. The van der Waals surface area contributed by atoms with Crippen LogP contribution in [0.15, 0.2) is 50.8 Å². The van der Waals surface area contributed by atoms with E-state index in [1.54, 1.807) is 19.2 Å². The molecule has 1 aromatic heterocycles. The predicted octanol–water partition coefficient (Wildman–Crippen LogP) is 4.59. The maximum absolute atomic E-state index is 12.9. The van der Waals surface area contributed by atoms with Crippen molar-refractivity contribution in [1.82, 2.24) is 9.66 Å². The molecule has 3 aromatic rings. The molecule has 152 valence electrons. The lowest BCUT2D eigenvalue weighted by atomic mass is 10.2. The average Bonchev–Trinajstić information content (AvgIpc) is 2.69. The molecule has 0 aliphatic heterocycles. The fourth-order valence-corrected chi connectivity index (χ4v) is 3.19. The van der Waals surface area contributed by atoms with Gasteiger partial charge < -0.3 is 9.64 Å². The standard InChI is InChI=1S/C22H25BrN4O2/c1-6-14(2)29-21-12-18(26(4)5)9-7-16(21)13-24-27-15(3)25-20-10-8-17(23)11-19(20)22(27)28/h7-14H,6H2,1-5H3/t14-/m0/s1. The first-order valence-corrected chi connectivity index (χ1v) is 10.3. The van der Waals surface area contributed by atoms with Crippen molar-refractivity contribution in [2.75, 3.05) is 19.0 Å². The molecule has 0 fully saturated rings. The van der Waals surface area contributed by atoms with Gasteiger partial charge in [-0.15, -0.1) is 0 Å². The third kappa shape index (κ3) is 4.67. The Labute approximate surface area is 179 Å². The summed E-state index contributed by atoms with van der Waals surface area (Å²) in [6.07, 6.45) is 2.62. The van der Waals surface area contributed by atoms with E-state index >= 15 is 0 Å². The molecule has 0 aliphatic carbocycles. The first-order chi connectivity index (χ1) is 13.8. The maximum Gasteiger partial charge on any atom is 0.282 e. The number of aromatic nitrogens is 2. The van der Waals surface area contributed by atoms with Gasteiger partial charge in [-0.1, -0.05) is 22.9 Å². The van der Waals surface area contributed by atoms with Crippen LogP contribution in [0.4, 0.5) is 5.69 Å². The summed E-state index contributed by atoms with van der Waals surface area (Å²) in [5.41, 5.74) is 2.28. The lowest BCUT2D eigenvalue weighted by Crippen LogP contribution is -2.20. The van der Waals surface area contributed by atoms with Gasteiger partial charge in [-0.2, -0.15) is 9.78 Å². The van der Waals surface area contributed by atoms with Crippen molar-refractivity contribution >= 4 is 38.7 Å². The third-order valence-corrected chi connectivity index (χ3v) is 5.19. The van der Waals surface area contributed by atoms with E-state index in [9.17, 15) is 4.79 Å². The topological polar surface area (TPSA) is 59.7 Å². The number of benzene rings is 2. The van der Waals surface area contributed by atoms with Crippen molar-refractivity contribution in [1.29, 1.82) is 0 Å². The SMILES string of the molecule is CC[C@H](C)Oc1cc(N(C)C)ccc1C=Nn1c(C)nc2ccc(Br)cc2c1=O. The van der Waals surface area contributed by atoms with Gasteiger partial charge in [-0.3, -0.25) is 4.79 Å². The van der Waals surface area contributed by atoms with E-state index in [1.807, 2.05) is 56.3 Å². The number of aryl methyl sites for hydroxylation is 1. The molecule has 0 aliphatic rings. The maximum atomic E-state index is 12.9. The van der Waals surface area contributed by atoms with Gasteiger partial charge in [-0.25, -0.2) is 4.98 Å². The monoisotopic (exact) mass is 456 g/mol. The summed E-state index contributed by atoms with van der Waals surface area (Å²) in [6.45, 7) is 5.88. The van der Waals surface area contributed by atoms with Crippen molar-refractivity contribution in [3.05, 3.63) is 62.6 Å². The second-order valence-electron chi connectivity index (χ2n) is 7.14. The number of hydrogen-bond acceptors (Lipinski definition) is 5. The molecule has 1 atom stereocenters. The van der Waals surface area contributed by atoms with Crippen molar-refractivity contribution in [3.8, 4) is 5.75 Å². The van der Waals surface area contributed by atoms with Gasteiger partial charge in [0.05, 0.1) is 23.2 Å². The highest BCUT2D eigenvalue weighted by Crippen LogP contribution is 2.25. The Morgan fingerprint density at radius 2 is 2.03 bits per heavy atom. The van der Waals surface area contributed by atoms with Crippen LogP contribution in [-0.4, -0.2) is 36.1 Å². The summed E-state index contributed by atoms with van der Waals surface area (Å²) in [6, 6.07) is 11.4. The molecule has 0 N–H and O–H groups in total. The smallest absolute Gasteiger partial charge is 0.282 e. The van der Waals surface area contributed by atoms with Crippen molar-refractivity contribution in [3.63, 3.8) is 0 Å². The molecular weight excluding hydrogens is 432 g/mol. The molecule has 0 unspecified atom stereocenters. The second kappa shape index (κ2) is 8.78. The second-order valence-corrected chi connectivity index (χ2v) is 8.05. The zero-order valence-electron chi connectivity index (χ0n) is 17.3. The van der Waals surface area contributed by atoms with Gasteiger partial charge in [0, 0.05) is 35.9 Å². The van der Waals surface area contributed by atoms with Gasteiger partial charge >= 0.3 is 0 Å². The highest BCUT2D eigenvalue weighted by Gasteiger charge is 2.11. The summed E-state index contributed by atoms with van der Waals surface area (Å²) >= 11 is 3.41. The normalized spacial score (nSPS) is 12.5. The molecule has 6 nitrogen and oxygen atoms in total. The molecule has 0 radical (unpaired) electrons. The predicted molar refractivity (Wildman–Crippen MR) is 123 cm³/mol. The minimum Gasteiger partial charge on any atom is -0.490 e. The lowest BCUT2D eigenvalue weighted by molar-refractivity contribution is 0.217. The Kier molecular flexibility index (Phi) is 6.37. The first kappa shape index (κ1) is 21.0. The summed E-state index contributed by atoms with van der Waals surface area (Å²) in [5.74, 6) is 1.26. The third-order valence-electron chi connectivity index (χ3n) is 4.70. The van der Waals surface area contributed by atoms with E-state index in [4.69, 9.17) is 4.74 Å². The zero-order chi connectivity index (χ0) is 21.1. The van der Waals surface area contributed by atoms with Crippen molar-refractivity contribution < 1.29 is 4.74 Å². The van der Waals surface area contributed by atoms with Gasteiger partial charge in [0.2, 0.25) is 0 Å². The number of rotatable bonds is 6. The minimum atomic E-state index is -0.209. The molecule has 7 heteroatoms. The number of hydrogen-bond donors (Lipinski definition) is 0. The Morgan fingerprint density at radius 3 is 2.72 bits per heavy atom. The van der Waals surface area contributed by atoms with E-state index in [2.05, 4.69) is 32.9 Å². The average molecular weight is 457 g/mol. The van der Waals surface area contributed by atoms with Gasteiger partial charge in [0.25, 0.3) is 5.56 Å². The Bertz CT molecular complexity index is 1120. The van der Waals surface area contributed by atoms with E-state index in [0.717, 1.165) is 27.9 Å². The minimum absolute atomic E-state index is 0.0729. The Morgan fingerprint density at radius 1 is 1.28 bits per heavy atom. The van der Waals surface area contributed by atoms with Crippen molar-refractivity contribution in [2.24, 2.45) is 5.10 Å². The summed E-state index contributed by atoms with van der Waals surface area (Å²) < 4.78 is 8.24. The number of fused-ring (bicyclic) bond motifs is 1. The number of nitrogens with zero attached hydrogens (tertiary/aromatic N) is 4. The van der Waals surface area contributed by atoms with Crippen LogP contribution >= 0.6 is 15.9 Å². The molecule has 0 saturated heterocycles. The Hall–Kier alpha value is -2.67. The van der Waals surface area contributed by atoms with E-state index in [1.165, 1.54) is 4.68 Å². The molecule has 1 heterocycles. The van der Waals surface area contributed by atoms with Gasteiger partial charge in [0.1, 0.15) is 11.6 Å². The van der Waals surface area contributed by atoms with Crippen LogP contribution in [0.2, 0.25) is 0 Å². The van der Waals surface area contributed by atoms with Crippen LogP contribution < -0.4 is 15.2 Å². The fraction of sp³-hybridized carbons (Fsp3) is 0.318. The molecule has 0 bridgehead atoms. The van der Waals surface area contributed by atoms with Gasteiger partial charge in [-0.05, 0) is 50.6 Å². The van der Waals surface area contributed by atoms with E-state index in [0.29, 0.717) is 16.7 Å². The summed E-state index contributed by atoms with van der Waals surface area (Å²) in [5, 5.41) is 4.95. The largest absolute Gasteiger partial charge is 0.490 e. The van der Waals surface area contributed by atoms with Crippen LogP contribution in [0.25, 0.3) is 10.9 Å². The van der Waals surface area contributed by atoms with Gasteiger partial charge in [0.15, 0.2) is 0 Å². The number of halogens is 1. The zero-order valence-corrected chi connectivity index (χ0v) is 18.9. The van der Waals surface area contributed by atoms with E-state index < -0.39 is 0 Å². The molecule has 0 saturated carbocycles. The molecular formula is C22H25BrN4O2. The highest BCUT2D eigenvalue weighted by molar-refractivity contribution is 9.10. The summed E-state index contributed by atoms with van der Waals surface area (Å²) in [7, 11) is 3.97. The summed E-state index contributed by atoms with van der Waals surface area (Å²) in [4.78, 5) is 19.4. The van der Waals surface area contributed by atoms with Crippen LogP contribution in [0.3, 0.4) is 0 Å². The quantitative estimate of drug-likeness (QED) is 0.508. The van der Waals surface area contributed by atoms with Crippen LogP contribution in [-0.2, 0) is 0 Å². The molecule has 3 rings (SSSR count). The van der Waals surface area contributed by atoms with Crippen molar-refractivity contribution in [2.45, 2.75) is 33.3 Å². The number of ether oxygens (including phenoxy) is 1. The number of anilines is 1. The van der Waals surface area contributed by atoms with Crippen LogP contribution in [0, 0.1) is 6.92 Å². The highest BCUT2D eigenvalue weighted by atomic mass is 79.9. The Balaban J connectivity index is 2.06. The van der Waals surface area contributed by atoms with Crippen LogP contribution in [0.5, 0.6) is 5.75 Å². The molecule has 29 heavy (non-hydrogen) atoms.